The lowest BCUT2D eigenvalue weighted by atomic mass is 9.94. The highest BCUT2D eigenvalue weighted by atomic mass is 16.3. The van der Waals surface area contributed by atoms with Crippen molar-refractivity contribution < 1.29 is 5.11 Å². The number of aromatic nitrogens is 1. The van der Waals surface area contributed by atoms with Crippen LogP contribution in [0.5, 0.6) is 0 Å². The molecule has 2 aliphatic rings. The van der Waals surface area contributed by atoms with Crippen LogP contribution in [0.4, 0.5) is 0 Å². The van der Waals surface area contributed by atoms with Gasteiger partial charge in [-0.1, -0.05) is 48.0 Å². The molecule has 1 saturated heterocycles. The summed E-state index contributed by atoms with van der Waals surface area (Å²) in [5.74, 6) is 0. The Morgan fingerprint density at radius 1 is 1.07 bits per heavy atom. The summed E-state index contributed by atoms with van der Waals surface area (Å²) in [7, 11) is 2.28. The number of hydrogen-bond donors (Lipinski definition) is 1. The largest absolute Gasteiger partial charge is 0.384 e. The fourth-order valence-corrected chi connectivity index (χ4v) is 5.30. The van der Waals surface area contributed by atoms with Crippen molar-refractivity contribution in [3.63, 3.8) is 0 Å². The summed E-state index contributed by atoms with van der Waals surface area (Å²) in [6.45, 7) is 4.62. The van der Waals surface area contributed by atoms with Gasteiger partial charge >= 0.3 is 0 Å². The van der Waals surface area contributed by atoms with Crippen LogP contribution in [0.2, 0.25) is 0 Å². The first-order chi connectivity index (χ1) is 13.0. The van der Waals surface area contributed by atoms with Crippen LogP contribution in [-0.2, 0) is 18.6 Å². The van der Waals surface area contributed by atoms with Gasteiger partial charge in [-0.3, -0.25) is 4.90 Å². The molecule has 3 aromatic rings. The smallest absolute Gasteiger partial charge is 0.105 e. The molecule has 3 atom stereocenters. The van der Waals surface area contributed by atoms with Crippen LogP contribution in [0, 0.1) is 6.92 Å². The minimum absolute atomic E-state index is 0.522. The monoisotopic (exact) mass is 360 g/mol. The van der Waals surface area contributed by atoms with Crippen LogP contribution in [0.15, 0.2) is 48.5 Å². The van der Waals surface area contributed by atoms with Gasteiger partial charge < -0.3 is 9.67 Å². The Kier molecular flexibility index (Phi) is 3.75. The van der Waals surface area contributed by atoms with Gasteiger partial charge in [0.1, 0.15) is 5.60 Å². The third-order valence-electron chi connectivity index (χ3n) is 6.86. The molecule has 1 aromatic heterocycles. The van der Waals surface area contributed by atoms with E-state index in [1.54, 1.807) is 0 Å². The second-order valence-corrected chi connectivity index (χ2v) is 8.72. The molecule has 0 radical (unpaired) electrons. The van der Waals surface area contributed by atoms with Crippen molar-refractivity contribution in [3.8, 4) is 0 Å². The topological polar surface area (TPSA) is 28.4 Å². The number of aliphatic hydroxyl groups is 1. The van der Waals surface area contributed by atoms with Gasteiger partial charge in [0.15, 0.2) is 0 Å². The summed E-state index contributed by atoms with van der Waals surface area (Å²) < 4.78 is 2.41. The highest BCUT2D eigenvalue weighted by Crippen LogP contribution is 2.47. The molecule has 3 heterocycles. The number of rotatable bonds is 3. The third kappa shape index (κ3) is 2.56. The average Bonchev–Trinajstić information content (AvgIpc) is 3.06. The lowest BCUT2D eigenvalue weighted by molar-refractivity contribution is 0.0382. The summed E-state index contributed by atoms with van der Waals surface area (Å²) in [5.41, 5.74) is 5.51. The Morgan fingerprint density at radius 3 is 2.59 bits per heavy atom. The van der Waals surface area contributed by atoms with E-state index in [2.05, 4.69) is 72.0 Å². The molecule has 0 amide bonds. The molecule has 0 spiro atoms. The number of nitrogens with zero attached hydrogens (tertiary/aromatic N) is 2. The first-order valence-electron chi connectivity index (χ1n) is 10.1. The van der Waals surface area contributed by atoms with Gasteiger partial charge in [0.25, 0.3) is 0 Å². The Hall–Kier alpha value is -2.10. The van der Waals surface area contributed by atoms with Crippen LogP contribution in [0.25, 0.3) is 10.9 Å². The molecule has 0 saturated carbocycles. The van der Waals surface area contributed by atoms with Crippen molar-refractivity contribution in [1.29, 1.82) is 0 Å². The zero-order chi connectivity index (χ0) is 18.8. The second kappa shape index (κ2) is 5.95. The predicted octanol–water partition coefficient (Wildman–Crippen LogP) is 4.55. The highest BCUT2D eigenvalue weighted by molar-refractivity contribution is 5.86. The van der Waals surface area contributed by atoms with Crippen LogP contribution in [0.3, 0.4) is 0 Å². The van der Waals surface area contributed by atoms with E-state index in [4.69, 9.17) is 0 Å². The van der Waals surface area contributed by atoms with E-state index in [-0.39, 0.29) is 0 Å². The number of para-hydroxylation sites is 1. The molecule has 0 aliphatic carbocycles. The molecular weight excluding hydrogens is 332 g/mol. The fraction of sp³-hybridized carbons (Fsp3) is 0.417. The molecule has 1 N–H and O–H groups in total. The molecule has 2 aromatic carbocycles. The standard InChI is InChI=1S/C24H28N2O/c1-16-8-10-17(11-9-16)24(2,27)15-26-20-7-5-4-6-19(20)23-21-13-12-18(25(21)3)14-22(23)26/h4-11,18,21,27H,12-15H2,1-3H3. The van der Waals surface area contributed by atoms with Crippen LogP contribution in [0.1, 0.15) is 48.2 Å². The van der Waals surface area contributed by atoms with Gasteiger partial charge in [0.05, 0.1) is 6.54 Å². The number of fused-ring (bicyclic) bond motifs is 6. The van der Waals surface area contributed by atoms with Crippen molar-refractivity contribution >= 4 is 10.9 Å². The van der Waals surface area contributed by atoms with Crippen molar-refractivity contribution in [2.24, 2.45) is 0 Å². The third-order valence-corrected chi connectivity index (χ3v) is 6.86. The molecule has 3 nitrogen and oxygen atoms in total. The molecule has 1 fully saturated rings. The summed E-state index contributed by atoms with van der Waals surface area (Å²) >= 11 is 0. The van der Waals surface area contributed by atoms with E-state index >= 15 is 0 Å². The van der Waals surface area contributed by atoms with E-state index in [1.807, 2.05) is 6.92 Å². The predicted molar refractivity (Wildman–Crippen MR) is 110 cm³/mol. The van der Waals surface area contributed by atoms with Crippen LogP contribution >= 0.6 is 0 Å². The van der Waals surface area contributed by atoms with E-state index in [0.717, 1.165) is 12.0 Å². The van der Waals surface area contributed by atoms with Gasteiger partial charge in [-0.25, -0.2) is 0 Å². The molecule has 3 unspecified atom stereocenters. The molecule has 5 rings (SSSR count). The first kappa shape index (κ1) is 17.0. The van der Waals surface area contributed by atoms with Crippen LogP contribution in [-0.4, -0.2) is 27.7 Å². The van der Waals surface area contributed by atoms with Gasteiger partial charge in [-0.2, -0.15) is 0 Å². The maximum absolute atomic E-state index is 11.4. The second-order valence-electron chi connectivity index (χ2n) is 8.72. The van der Waals surface area contributed by atoms with Gasteiger partial charge in [0.2, 0.25) is 0 Å². The molecule has 3 heteroatoms. The summed E-state index contributed by atoms with van der Waals surface area (Å²) in [6, 6.07) is 18.2. The number of hydrogen-bond acceptors (Lipinski definition) is 2. The van der Waals surface area contributed by atoms with Crippen molar-refractivity contribution in [2.75, 3.05) is 7.05 Å². The Labute approximate surface area is 161 Å². The Bertz CT molecular complexity index is 999. The van der Waals surface area contributed by atoms with Crippen molar-refractivity contribution in [3.05, 3.63) is 70.9 Å². The zero-order valence-electron chi connectivity index (χ0n) is 16.4. The minimum Gasteiger partial charge on any atom is -0.384 e. The summed E-state index contributed by atoms with van der Waals surface area (Å²) in [5, 5.41) is 12.7. The van der Waals surface area contributed by atoms with E-state index < -0.39 is 5.60 Å². The number of aryl methyl sites for hydroxylation is 1. The maximum Gasteiger partial charge on any atom is 0.105 e. The van der Waals surface area contributed by atoms with Crippen molar-refractivity contribution in [1.82, 2.24) is 9.47 Å². The van der Waals surface area contributed by atoms with E-state index in [9.17, 15) is 5.11 Å². The Morgan fingerprint density at radius 2 is 1.81 bits per heavy atom. The van der Waals surface area contributed by atoms with E-state index in [1.165, 1.54) is 40.6 Å². The lowest BCUT2D eigenvalue weighted by Crippen LogP contribution is -2.36. The molecule has 27 heavy (non-hydrogen) atoms. The SMILES string of the molecule is Cc1ccc(C(C)(O)Cn2c3c(c4ccccc42)C2CCC(C3)N2C)cc1. The van der Waals surface area contributed by atoms with Crippen molar-refractivity contribution in [2.45, 2.75) is 57.3 Å². The number of likely N-dealkylation sites (N-methyl/N-ethyl adjacent to an activating group) is 1. The van der Waals surface area contributed by atoms with Gasteiger partial charge in [-0.15, -0.1) is 0 Å². The summed E-state index contributed by atoms with van der Waals surface area (Å²) in [6.07, 6.45) is 3.61. The molecular formula is C24H28N2O. The normalized spacial score (nSPS) is 24.1. The first-order valence-corrected chi connectivity index (χ1v) is 10.1. The maximum atomic E-state index is 11.4. The minimum atomic E-state index is -0.897. The summed E-state index contributed by atoms with van der Waals surface area (Å²) in [4.78, 5) is 2.57. The quantitative estimate of drug-likeness (QED) is 0.742. The number of benzene rings is 2. The van der Waals surface area contributed by atoms with Gasteiger partial charge in [-0.05, 0) is 50.9 Å². The molecule has 140 valence electrons. The van der Waals surface area contributed by atoms with Crippen LogP contribution < -0.4 is 0 Å². The molecule has 2 aliphatic heterocycles. The van der Waals surface area contributed by atoms with Gasteiger partial charge in [0, 0.05) is 35.1 Å². The fourth-order valence-electron chi connectivity index (χ4n) is 5.30. The van der Waals surface area contributed by atoms with E-state index in [0.29, 0.717) is 18.6 Å². The average molecular weight is 361 g/mol. The zero-order valence-corrected chi connectivity index (χ0v) is 16.4. The molecule has 2 bridgehead atoms. The highest BCUT2D eigenvalue weighted by Gasteiger charge is 2.41. The Balaban J connectivity index is 1.64. The lowest BCUT2D eigenvalue weighted by Gasteiger charge is -2.33.